The number of nitrogens with one attached hydrogen (secondary N) is 1. The van der Waals surface area contributed by atoms with E-state index in [2.05, 4.69) is 12.2 Å². The summed E-state index contributed by atoms with van der Waals surface area (Å²) in [6.07, 6.45) is 3.88. The lowest BCUT2D eigenvalue weighted by molar-refractivity contribution is -0.125. The van der Waals surface area contributed by atoms with E-state index in [0.29, 0.717) is 5.92 Å². The Morgan fingerprint density at radius 3 is 3.09 bits per heavy atom. The molecular weight excluding hydrogens is 138 g/mol. The van der Waals surface area contributed by atoms with Crippen LogP contribution < -0.4 is 5.32 Å². The molecular formula is C9H15NO. The molecule has 3 atom stereocenters. The van der Waals surface area contributed by atoms with E-state index in [1.54, 1.807) is 0 Å². The van der Waals surface area contributed by atoms with Crippen LogP contribution in [0.5, 0.6) is 0 Å². The number of hydrogen-bond donors (Lipinski definition) is 1. The molecule has 2 rings (SSSR count). The van der Waals surface area contributed by atoms with E-state index in [1.807, 2.05) is 0 Å². The van der Waals surface area contributed by atoms with Gasteiger partial charge in [-0.1, -0.05) is 6.92 Å². The zero-order chi connectivity index (χ0) is 7.84. The fraction of sp³-hybridized carbons (Fsp3) is 0.889. The van der Waals surface area contributed by atoms with Crippen LogP contribution in [0.25, 0.3) is 0 Å². The van der Waals surface area contributed by atoms with Crippen molar-refractivity contribution < 1.29 is 4.79 Å². The zero-order valence-corrected chi connectivity index (χ0v) is 6.97. The lowest BCUT2D eigenvalue weighted by Gasteiger charge is -2.15. The molecule has 2 nitrogen and oxygen atoms in total. The number of carbonyl (C=O) groups is 1. The average Bonchev–Trinajstić information content (AvgIpc) is 2.41. The van der Waals surface area contributed by atoms with Gasteiger partial charge in [-0.3, -0.25) is 4.79 Å². The van der Waals surface area contributed by atoms with E-state index in [0.717, 1.165) is 12.5 Å². The number of rotatable bonds is 0. The zero-order valence-electron chi connectivity index (χ0n) is 6.97. The molecule has 2 heteroatoms. The van der Waals surface area contributed by atoms with Crippen molar-refractivity contribution >= 4 is 5.91 Å². The van der Waals surface area contributed by atoms with Crippen molar-refractivity contribution in [2.24, 2.45) is 17.8 Å². The maximum absolute atomic E-state index is 11.3. The molecule has 1 amide bonds. The van der Waals surface area contributed by atoms with Crippen LogP contribution in [0.4, 0.5) is 0 Å². The van der Waals surface area contributed by atoms with E-state index in [9.17, 15) is 4.79 Å². The first-order valence-corrected chi connectivity index (χ1v) is 4.55. The van der Waals surface area contributed by atoms with Gasteiger partial charge in [0, 0.05) is 12.5 Å². The molecule has 1 aliphatic heterocycles. The first kappa shape index (κ1) is 7.14. The Labute approximate surface area is 67.4 Å². The molecule has 2 bridgehead atoms. The molecule has 2 fully saturated rings. The maximum atomic E-state index is 11.3. The summed E-state index contributed by atoms with van der Waals surface area (Å²) in [4.78, 5) is 11.3. The summed E-state index contributed by atoms with van der Waals surface area (Å²) in [5, 5.41) is 2.99. The van der Waals surface area contributed by atoms with E-state index >= 15 is 0 Å². The minimum Gasteiger partial charge on any atom is -0.356 e. The summed E-state index contributed by atoms with van der Waals surface area (Å²) >= 11 is 0. The first-order chi connectivity index (χ1) is 5.27. The molecule has 2 aliphatic rings. The highest BCUT2D eigenvalue weighted by Crippen LogP contribution is 2.37. The number of hydrogen-bond acceptors (Lipinski definition) is 1. The fourth-order valence-electron chi connectivity index (χ4n) is 2.37. The summed E-state index contributed by atoms with van der Waals surface area (Å²) in [5.41, 5.74) is 0. The van der Waals surface area contributed by atoms with Gasteiger partial charge in [0.1, 0.15) is 0 Å². The molecule has 1 saturated heterocycles. The molecule has 0 radical (unpaired) electrons. The van der Waals surface area contributed by atoms with Crippen molar-refractivity contribution in [3.05, 3.63) is 0 Å². The second kappa shape index (κ2) is 2.50. The molecule has 0 aromatic rings. The lowest BCUT2D eigenvalue weighted by Crippen LogP contribution is -2.32. The molecule has 11 heavy (non-hydrogen) atoms. The van der Waals surface area contributed by atoms with E-state index in [-0.39, 0.29) is 11.8 Å². The molecule has 0 aromatic carbocycles. The van der Waals surface area contributed by atoms with Gasteiger partial charge in [0.15, 0.2) is 0 Å². The van der Waals surface area contributed by atoms with Crippen LogP contribution in [0, 0.1) is 17.8 Å². The van der Waals surface area contributed by atoms with Crippen LogP contribution in [0.15, 0.2) is 0 Å². The van der Waals surface area contributed by atoms with E-state index < -0.39 is 0 Å². The van der Waals surface area contributed by atoms with Crippen molar-refractivity contribution in [1.82, 2.24) is 5.32 Å². The third kappa shape index (κ3) is 1.15. The Kier molecular flexibility index (Phi) is 1.63. The standard InChI is InChI=1S/C9H15NO/c1-6-8-3-2-7(4-8)5-10-9(6)11/h6-8H,2-5H2,1H3,(H,10,11)/t6-,7+,8-/m1/s1. The third-order valence-corrected chi connectivity index (χ3v) is 3.27. The Morgan fingerprint density at radius 2 is 2.27 bits per heavy atom. The second-order valence-electron chi connectivity index (χ2n) is 3.97. The highest BCUT2D eigenvalue weighted by Gasteiger charge is 2.35. The number of carbonyl (C=O) groups excluding carboxylic acids is 1. The normalized spacial score (nSPS) is 43.4. The van der Waals surface area contributed by atoms with Crippen molar-refractivity contribution in [1.29, 1.82) is 0 Å². The second-order valence-corrected chi connectivity index (χ2v) is 3.97. The van der Waals surface area contributed by atoms with Gasteiger partial charge in [-0.25, -0.2) is 0 Å². The SMILES string of the molecule is C[C@H]1C(=O)NC[C@H]2CC[C@@H]1C2. The van der Waals surface area contributed by atoms with Gasteiger partial charge in [0.2, 0.25) is 5.91 Å². The van der Waals surface area contributed by atoms with Crippen molar-refractivity contribution in [3.8, 4) is 0 Å². The highest BCUT2D eigenvalue weighted by atomic mass is 16.1. The minimum absolute atomic E-state index is 0.266. The summed E-state index contributed by atoms with van der Waals surface area (Å²) in [6, 6.07) is 0. The summed E-state index contributed by atoms with van der Waals surface area (Å²) < 4.78 is 0. The average molecular weight is 153 g/mol. The van der Waals surface area contributed by atoms with Crippen molar-refractivity contribution in [2.45, 2.75) is 26.2 Å². The van der Waals surface area contributed by atoms with Gasteiger partial charge >= 0.3 is 0 Å². The smallest absolute Gasteiger partial charge is 0.223 e. The number of fused-ring (bicyclic) bond motifs is 2. The molecule has 1 N–H and O–H groups in total. The molecule has 62 valence electrons. The molecule has 1 heterocycles. The van der Waals surface area contributed by atoms with Crippen LogP contribution >= 0.6 is 0 Å². The fourth-order valence-corrected chi connectivity index (χ4v) is 2.37. The Bertz CT molecular complexity index is 178. The quantitative estimate of drug-likeness (QED) is 0.556. The monoisotopic (exact) mass is 153 g/mol. The van der Waals surface area contributed by atoms with Gasteiger partial charge < -0.3 is 5.32 Å². The summed E-state index contributed by atoms with van der Waals surface area (Å²) in [6.45, 7) is 2.99. The van der Waals surface area contributed by atoms with Crippen molar-refractivity contribution in [3.63, 3.8) is 0 Å². The topological polar surface area (TPSA) is 29.1 Å². The molecule has 1 aliphatic carbocycles. The van der Waals surface area contributed by atoms with Gasteiger partial charge in [-0.15, -0.1) is 0 Å². The van der Waals surface area contributed by atoms with Crippen molar-refractivity contribution in [2.75, 3.05) is 6.54 Å². The Morgan fingerprint density at radius 1 is 1.45 bits per heavy atom. The minimum atomic E-state index is 0.266. The summed E-state index contributed by atoms with van der Waals surface area (Å²) in [7, 11) is 0. The van der Waals surface area contributed by atoms with Crippen LogP contribution in [0.2, 0.25) is 0 Å². The van der Waals surface area contributed by atoms with Crippen LogP contribution in [0.1, 0.15) is 26.2 Å². The van der Waals surface area contributed by atoms with Crippen LogP contribution in [-0.4, -0.2) is 12.5 Å². The Balaban J connectivity index is 2.13. The molecule has 1 saturated carbocycles. The number of amides is 1. The molecule has 0 aromatic heterocycles. The van der Waals surface area contributed by atoms with Gasteiger partial charge in [0.25, 0.3) is 0 Å². The predicted molar refractivity (Wildman–Crippen MR) is 43.0 cm³/mol. The maximum Gasteiger partial charge on any atom is 0.223 e. The molecule has 0 spiro atoms. The molecule has 0 unspecified atom stereocenters. The summed E-state index contributed by atoms with van der Waals surface area (Å²) in [5.74, 6) is 2.01. The van der Waals surface area contributed by atoms with Gasteiger partial charge in [0.05, 0.1) is 0 Å². The van der Waals surface area contributed by atoms with Crippen LogP contribution in [0.3, 0.4) is 0 Å². The van der Waals surface area contributed by atoms with E-state index in [1.165, 1.54) is 19.3 Å². The Hall–Kier alpha value is -0.530. The van der Waals surface area contributed by atoms with Crippen LogP contribution in [-0.2, 0) is 4.79 Å². The third-order valence-electron chi connectivity index (χ3n) is 3.27. The lowest BCUT2D eigenvalue weighted by atomic mass is 9.92. The highest BCUT2D eigenvalue weighted by molar-refractivity contribution is 5.78. The predicted octanol–water partition coefficient (Wildman–Crippen LogP) is 1.17. The van der Waals surface area contributed by atoms with E-state index in [4.69, 9.17) is 0 Å². The van der Waals surface area contributed by atoms with Gasteiger partial charge in [-0.05, 0) is 31.1 Å². The van der Waals surface area contributed by atoms with Gasteiger partial charge in [-0.2, -0.15) is 0 Å². The largest absolute Gasteiger partial charge is 0.356 e. The first-order valence-electron chi connectivity index (χ1n) is 4.55.